The molecule has 2 aromatic rings. The molecule has 4 heteroatoms. The summed E-state index contributed by atoms with van der Waals surface area (Å²) in [5.74, 6) is 0.300. The van der Waals surface area contributed by atoms with Gasteiger partial charge in [-0.1, -0.05) is 0 Å². The molecule has 3 nitrogen and oxygen atoms in total. The third-order valence-corrected chi connectivity index (χ3v) is 3.44. The van der Waals surface area contributed by atoms with Crippen molar-refractivity contribution in [2.24, 2.45) is 0 Å². The molecule has 0 saturated heterocycles. The normalized spacial score (nSPS) is 10.4. The van der Waals surface area contributed by atoms with Gasteiger partial charge >= 0.3 is 0 Å². The second-order valence-electron chi connectivity index (χ2n) is 3.67. The predicted octanol–water partition coefficient (Wildman–Crippen LogP) is 2.92. The maximum Gasteiger partial charge on any atom is 0.289 e. The van der Waals surface area contributed by atoms with Gasteiger partial charge in [-0.05, 0) is 36.1 Å². The Hall–Kier alpha value is -1.55. The highest BCUT2D eigenvalue weighted by atomic mass is 32.1. The first-order chi connectivity index (χ1) is 7.68. The summed E-state index contributed by atoms with van der Waals surface area (Å²) in [6.45, 7) is 2.68. The number of hydrogen-bond acceptors (Lipinski definition) is 3. The fourth-order valence-electron chi connectivity index (χ4n) is 1.44. The lowest BCUT2D eigenvalue weighted by molar-refractivity contribution is 0.0754. The zero-order valence-corrected chi connectivity index (χ0v) is 10.1. The second-order valence-corrected chi connectivity index (χ2v) is 4.67. The van der Waals surface area contributed by atoms with E-state index in [1.165, 1.54) is 16.7 Å². The van der Waals surface area contributed by atoms with Crippen molar-refractivity contribution in [2.75, 3.05) is 7.05 Å². The maximum absolute atomic E-state index is 11.9. The van der Waals surface area contributed by atoms with Crippen molar-refractivity contribution in [1.29, 1.82) is 0 Å². The highest BCUT2D eigenvalue weighted by Crippen LogP contribution is 2.18. The Balaban J connectivity index is 2.07. The summed E-state index contributed by atoms with van der Waals surface area (Å²) in [5.41, 5.74) is 1.23. The minimum atomic E-state index is -0.0854. The topological polar surface area (TPSA) is 33.5 Å². The Morgan fingerprint density at radius 1 is 1.50 bits per heavy atom. The van der Waals surface area contributed by atoms with Gasteiger partial charge in [0, 0.05) is 11.9 Å². The van der Waals surface area contributed by atoms with Gasteiger partial charge in [-0.25, -0.2) is 0 Å². The Bertz CT molecular complexity index is 473. The van der Waals surface area contributed by atoms with Crippen molar-refractivity contribution in [2.45, 2.75) is 13.5 Å². The molecule has 2 aromatic heterocycles. The summed E-state index contributed by atoms with van der Waals surface area (Å²) in [6.07, 6.45) is 1.51. The molecule has 0 aromatic carbocycles. The molecular weight excluding hydrogens is 222 g/mol. The third-order valence-electron chi connectivity index (χ3n) is 2.43. The van der Waals surface area contributed by atoms with Crippen LogP contribution in [-0.4, -0.2) is 17.9 Å². The molecule has 0 aliphatic rings. The lowest BCUT2D eigenvalue weighted by Crippen LogP contribution is -2.25. The van der Waals surface area contributed by atoms with Gasteiger partial charge < -0.3 is 9.32 Å². The van der Waals surface area contributed by atoms with Gasteiger partial charge in [0.1, 0.15) is 0 Å². The van der Waals surface area contributed by atoms with Crippen LogP contribution in [0.25, 0.3) is 0 Å². The van der Waals surface area contributed by atoms with Crippen LogP contribution in [0.2, 0.25) is 0 Å². The number of nitrogens with zero attached hydrogens (tertiary/aromatic N) is 1. The summed E-state index contributed by atoms with van der Waals surface area (Å²) in [4.78, 5) is 14.8. The second kappa shape index (κ2) is 4.53. The molecule has 0 aliphatic heterocycles. The Morgan fingerprint density at radius 3 is 2.88 bits per heavy atom. The van der Waals surface area contributed by atoms with Crippen LogP contribution in [0.4, 0.5) is 0 Å². The number of carbonyl (C=O) groups is 1. The van der Waals surface area contributed by atoms with E-state index in [9.17, 15) is 4.79 Å². The summed E-state index contributed by atoms with van der Waals surface area (Å²) in [7, 11) is 1.78. The van der Waals surface area contributed by atoms with Crippen LogP contribution in [0, 0.1) is 6.92 Å². The Morgan fingerprint density at radius 2 is 2.31 bits per heavy atom. The van der Waals surface area contributed by atoms with Crippen LogP contribution in [0.3, 0.4) is 0 Å². The number of hydrogen-bond donors (Lipinski definition) is 0. The Labute approximate surface area is 98.3 Å². The summed E-state index contributed by atoms with van der Waals surface area (Å²) < 4.78 is 5.08. The molecule has 0 unspecified atom stereocenters. The number of thiophene rings is 1. The highest BCUT2D eigenvalue weighted by Gasteiger charge is 2.15. The predicted molar refractivity (Wildman–Crippen MR) is 63.6 cm³/mol. The third kappa shape index (κ3) is 2.17. The minimum absolute atomic E-state index is 0.0854. The monoisotopic (exact) mass is 235 g/mol. The SMILES string of the molecule is Cc1ccsc1CN(C)C(=O)c1ccco1. The molecule has 0 spiro atoms. The average Bonchev–Trinajstić information content (AvgIpc) is 2.89. The van der Waals surface area contributed by atoms with E-state index < -0.39 is 0 Å². The van der Waals surface area contributed by atoms with Gasteiger partial charge in [-0.15, -0.1) is 11.3 Å². The number of carbonyl (C=O) groups excluding carboxylic acids is 1. The van der Waals surface area contributed by atoms with Crippen molar-refractivity contribution in [3.63, 3.8) is 0 Å². The molecule has 0 bridgehead atoms. The van der Waals surface area contributed by atoms with Gasteiger partial charge in [0.2, 0.25) is 0 Å². The summed E-state index contributed by atoms with van der Waals surface area (Å²) in [5, 5.41) is 2.04. The van der Waals surface area contributed by atoms with Gasteiger partial charge in [0.15, 0.2) is 5.76 Å². The quantitative estimate of drug-likeness (QED) is 0.819. The van der Waals surface area contributed by atoms with Crippen molar-refractivity contribution in [3.8, 4) is 0 Å². The lowest BCUT2D eigenvalue weighted by Gasteiger charge is -2.15. The van der Waals surface area contributed by atoms with Crippen LogP contribution >= 0.6 is 11.3 Å². The van der Waals surface area contributed by atoms with Crippen LogP contribution < -0.4 is 0 Å². The van der Waals surface area contributed by atoms with Gasteiger partial charge in [-0.3, -0.25) is 4.79 Å². The largest absolute Gasteiger partial charge is 0.459 e. The minimum Gasteiger partial charge on any atom is -0.459 e. The first-order valence-corrected chi connectivity index (χ1v) is 5.88. The molecule has 0 atom stereocenters. The smallest absolute Gasteiger partial charge is 0.289 e. The van der Waals surface area contributed by atoms with Crippen LogP contribution in [0.1, 0.15) is 21.0 Å². The van der Waals surface area contributed by atoms with E-state index in [0.29, 0.717) is 12.3 Å². The maximum atomic E-state index is 11.9. The molecule has 0 N–H and O–H groups in total. The molecule has 2 rings (SSSR count). The van der Waals surface area contributed by atoms with Crippen LogP contribution in [-0.2, 0) is 6.54 Å². The van der Waals surface area contributed by atoms with E-state index in [1.54, 1.807) is 35.4 Å². The first kappa shape index (κ1) is 11.0. The van der Waals surface area contributed by atoms with Crippen LogP contribution in [0.5, 0.6) is 0 Å². The van der Waals surface area contributed by atoms with E-state index in [1.807, 2.05) is 5.38 Å². The fraction of sp³-hybridized carbons (Fsp3) is 0.250. The number of aryl methyl sites for hydroxylation is 1. The van der Waals surface area contributed by atoms with E-state index in [4.69, 9.17) is 4.42 Å². The van der Waals surface area contributed by atoms with Crippen molar-refractivity contribution in [1.82, 2.24) is 4.90 Å². The van der Waals surface area contributed by atoms with Crippen molar-refractivity contribution in [3.05, 3.63) is 46.0 Å². The fourth-order valence-corrected chi connectivity index (χ4v) is 2.40. The summed E-state index contributed by atoms with van der Waals surface area (Å²) >= 11 is 1.67. The van der Waals surface area contributed by atoms with Crippen LogP contribution in [0.15, 0.2) is 34.3 Å². The Kier molecular flexibility index (Phi) is 3.10. The molecule has 2 heterocycles. The standard InChI is InChI=1S/C12H13NO2S/c1-9-5-7-16-11(9)8-13(2)12(14)10-4-3-6-15-10/h3-7H,8H2,1-2H3. The lowest BCUT2D eigenvalue weighted by atomic mass is 10.3. The number of amides is 1. The van der Waals surface area contributed by atoms with Gasteiger partial charge in [0.05, 0.1) is 12.8 Å². The van der Waals surface area contributed by atoms with Crippen molar-refractivity contribution < 1.29 is 9.21 Å². The first-order valence-electron chi connectivity index (χ1n) is 5.00. The molecule has 84 valence electrons. The molecule has 0 fully saturated rings. The summed E-state index contributed by atoms with van der Waals surface area (Å²) in [6, 6.07) is 5.46. The van der Waals surface area contributed by atoms with E-state index in [0.717, 1.165) is 0 Å². The molecule has 1 amide bonds. The van der Waals surface area contributed by atoms with E-state index >= 15 is 0 Å². The average molecular weight is 235 g/mol. The molecule has 16 heavy (non-hydrogen) atoms. The van der Waals surface area contributed by atoms with Gasteiger partial charge in [-0.2, -0.15) is 0 Å². The molecule has 0 saturated carbocycles. The zero-order valence-electron chi connectivity index (χ0n) is 9.27. The zero-order chi connectivity index (χ0) is 11.5. The molecule has 0 aliphatic carbocycles. The number of furan rings is 1. The van der Waals surface area contributed by atoms with E-state index in [2.05, 4.69) is 13.0 Å². The molecule has 0 radical (unpaired) electrons. The van der Waals surface area contributed by atoms with E-state index in [-0.39, 0.29) is 5.91 Å². The van der Waals surface area contributed by atoms with Gasteiger partial charge in [0.25, 0.3) is 5.91 Å². The number of rotatable bonds is 3. The van der Waals surface area contributed by atoms with Crippen molar-refractivity contribution >= 4 is 17.2 Å². The molecular formula is C12H13NO2S. The highest BCUT2D eigenvalue weighted by molar-refractivity contribution is 7.10.